The average Bonchev–Trinajstić information content (AvgIpc) is 2.66. The van der Waals surface area contributed by atoms with Crippen LogP contribution >= 0.6 is 0 Å². The standard InChI is InChI=1S/C19H20N4O5/c1-3-27-19(26)12-6-4-5-7-13(12)21-16(24)10-23-17-14(8-9-15(20)22-17)28-11(2)18(23)25/h4-9,11H,3,10H2,1-2H3,(H2,20,22)(H,21,24). The van der Waals surface area contributed by atoms with Gasteiger partial charge in [0.25, 0.3) is 5.91 Å². The molecule has 0 saturated carbocycles. The Hall–Kier alpha value is -3.62. The normalized spacial score (nSPS) is 15.4. The molecule has 9 nitrogen and oxygen atoms in total. The number of ether oxygens (including phenoxy) is 2. The predicted molar refractivity (Wildman–Crippen MR) is 102 cm³/mol. The summed E-state index contributed by atoms with van der Waals surface area (Å²) in [6.07, 6.45) is -0.766. The number of carbonyl (C=O) groups is 3. The molecule has 0 saturated heterocycles. The van der Waals surface area contributed by atoms with Crippen molar-refractivity contribution < 1.29 is 23.9 Å². The van der Waals surface area contributed by atoms with Crippen molar-refractivity contribution in [3.63, 3.8) is 0 Å². The zero-order valence-corrected chi connectivity index (χ0v) is 15.5. The molecule has 28 heavy (non-hydrogen) atoms. The molecule has 0 spiro atoms. The van der Waals surface area contributed by atoms with E-state index in [-0.39, 0.29) is 30.4 Å². The lowest BCUT2D eigenvalue weighted by molar-refractivity contribution is -0.127. The Morgan fingerprint density at radius 1 is 1.29 bits per heavy atom. The van der Waals surface area contributed by atoms with E-state index in [2.05, 4.69) is 10.3 Å². The fourth-order valence-corrected chi connectivity index (χ4v) is 2.77. The average molecular weight is 384 g/mol. The molecule has 0 aliphatic carbocycles. The molecular formula is C19H20N4O5. The van der Waals surface area contributed by atoms with Gasteiger partial charge in [-0.15, -0.1) is 0 Å². The Balaban J connectivity index is 1.82. The first-order valence-corrected chi connectivity index (χ1v) is 8.71. The number of rotatable bonds is 5. The van der Waals surface area contributed by atoms with E-state index in [9.17, 15) is 14.4 Å². The fourth-order valence-electron chi connectivity index (χ4n) is 2.77. The van der Waals surface area contributed by atoms with E-state index in [4.69, 9.17) is 15.2 Å². The van der Waals surface area contributed by atoms with Crippen molar-refractivity contribution in [2.45, 2.75) is 20.0 Å². The van der Waals surface area contributed by atoms with E-state index in [0.29, 0.717) is 11.4 Å². The summed E-state index contributed by atoms with van der Waals surface area (Å²) in [6.45, 7) is 3.18. The minimum atomic E-state index is -0.766. The second-order valence-electron chi connectivity index (χ2n) is 6.06. The molecule has 0 radical (unpaired) electrons. The van der Waals surface area contributed by atoms with Crippen LogP contribution in [0.4, 0.5) is 17.3 Å². The van der Waals surface area contributed by atoms with E-state index >= 15 is 0 Å². The Labute approximate surface area is 161 Å². The number of para-hydroxylation sites is 1. The van der Waals surface area contributed by atoms with Crippen molar-refractivity contribution in [1.29, 1.82) is 0 Å². The Kier molecular flexibility index (Phi) is 5.44. The summed E-state index contributed by atoms with van der Waals surface area (Å²) in [7, 11) is 0. The highest BCUT2D eigenvalue weighted by Crippen LogP contribution is 2.32. The molecule has 9 heteroatoms. The summed E-state index contributed by atoms with van der Waals surface area (Å²) in [5.41, 5.74) is 6.22. The highest BCUT2D eigenvalue weighted by molar-refractivity contribution is 6.07. The molecule has 0 fully saturated rings. The van der Waals surface area contributed by atoms with Crippen LogP contribution in [-0.2, 0) is 14.3 Å². The predicted octanol–water partition coefficient (Wildman–Crippen LogP) is 1.59. The molecule has 2 heterocycles. The summed E-state index contributed by atoms with van der Waals surface area (Å²) in [5, 5.41) is 2.64. The van der Waals surface area contributed by atoms with Crippen molar-refractivity contribution in [3.05, 3.63) is 42.0 Å². The monoisotopic (exact) mass is 384 g/mol. The molecular weight excluding hydrogens is 364 g/mol. The van der Waals surface area contributed by atoms with E-state index < -0.39 is 23.9 Å². The van der Waals surface area contributed by atoms with Crippen molar-refractivity contribution in [2.75, 3.05) is 29.1 Å². The summed E-state index contributed by atoms with van der Waals surface area (Å²) in [6, 6.07) is 9.62. The molecule has 3 rings (SSSR count). The van der Waals surface area contributed by atoms with Crippen molar-refractivity contribution in [1.82, 2.24) is 4.98 Å². The maximum Gasteiger partial charge on any atom is 0.340 e. The lowest BCUT2D eigenvalue weighted by Gasteiger charge is -2.31. The third-order valence-corrected chi connectivity index (χ3v) is 4.03. The molecule has 1 aliphatic rings. The maximum absolute atomic E-state index is 12.6. The number of esters is 1. The van der Waals surface area contributed by atoms with Gasteiger partial charge < -0.3 is 20.5 Å². The largest absolute Gasteiger partial charge is 0.477 e. The fraction of sp³-hybridized carbons (Fsp3) is 0.263. The van der Waals surface area contributed by atoms with Gasteiger partial charge in [0.05, 0.1) is 17.9 Å². The molecule has 3 N–H and O–H groups in total. The van der Waals surface area contributed by atoms with Crippen LogP contribution in [0.2, 0.25) is 0 Å². The minimum absolute atomic E-state index is 0.178. The molecule has 1 atom stereocenters. The van der Waals surface area contributed by atoms with Crippen LogP contribution in [-0.4, -0.2) is 42.0 Å². The third kappa shape index (κ3) is 3.88. The highest BCUT2D eigenvalue weighted by atomic mass is 16.5. The minimum Gasteiger partial charge on any atom is -0.477 e. The number of nitrogens with one attached hydrogen (secondary N) is 1. The van der Waals surface area contributed by atoms with Gasteiger partial charge in [-0.1, -0.05) is 12.1 Å². The number of benzene rings is 1. The van der Waals surface area contributed by atoms with Gasteiger partial charge in [0.1, 0.15) is 12.4 Å². The summed E-state index contributed by atoms with van der Waals surface area (Å²) >= 11 is 0. The topological polar surface area (TPSA) is 124 Å². The van der Waals surface area contributed by atoms with E-state index in [0.717, 1.165) is 0 Å². The molecule has 2 amide bonds. The van der Waals surface area contributed by atoms with Crippen LogP contribution in [0.5, 0.6) is 5.75 Å². The highest BCUT2D eigenvalue weighted by Gasteiger charge is 2.34. The lowest BCUT2D eigenvalue weighted by Crippen LogP contribution is -2.48. The van der Waals surface area contributed by atoms with E-state index in [1.807, 2.05) is 0 Å². The van der Waals surface area contributed by atoms with Crippen LogP contribution in [0, 0.1) is 0 Å². The van der Waals surface area contributed by atoms with Crippen molar-refractivity contribution in [3.8, 4) is 5.75 Å². The molecule has 1 aromatic heterocycles. The van der Waals surface area contributed by atoms with Gasteiger partial charge in [0.15, 0.2) is 17.7 Å². The van der Waals surface area contributed by atoms with Gasteiger partial charge in [0.2, 0.25) is 5.91 Å². The number of fused-ring (bicyclic) bond motifs is 1. The van der Waals surface area contributed by atoms with Crippen LogP contribution in [0.25, 0.3) is 0 Å². The second kappa shape index (κ2) is 7.95. The van der Waals surface area contributed by atoms with E-state index in [1.165, 1.54) is 4.90 Å². The van der Waals surface area contributed by atoms with Crippen LogP contribution in [0.3, 0.4) is 0 Å². The number of nitrogen functional groups attached to an aromatic ring is 1. The van der Waals surface area contributed by atoms with Gasteiger partial charge in [-0.25, -0.2) is 9.78 Å². The van der Waals surface area contributed by atoms with Gasteiger partial charge >= 0.3 is 5.97 Å². The molecule has 1 unspecified atom stereocenters. The first-order chi connectivity index (χ1) is 13.4. The first-order valence-electron chi connectivity index (χ1n) is 8.71. The number of hydrogen-bond donors (Lipinski definition) is 2. The zero-order chi connectivity index (χ0) is 20.3. The lowest BCUT2D eigenvalue weighted by atomic mass is 10.1. The van der Waals surface area contributed by atoms with Gasteiger partial charge in [-0.2, -0.15) is 0 Å². The summed E-state index contributed by atoms with van der Waals surface area (Å²) in [4.78, 5) is 42.5. The number of hydrogen-bond acceptors (Lipinski definition) is 7. The maximum atomic E-state index is 12.6. The van der Waals surface area contributed by atoms with E-state index in [1.54, 1.807) is 50.2 Å². The SMILES string of the molecule is CCOC(=O)c1ccccc1NC(=O)CN1C(=O)C(C)Oc2ccc(N)nc21. The molecule has 146 valence electrons. The smallest absolute Gasteiger partial charge is 0.340 e. The number of pyridine rings is 1. The van der Waals surface area contributed by atoms with Gasteiger partial charge in [0, 0.05) is 0 Å². The quantitative estimate of drug-likeness (QED) is 0.750. The summed E-state index contributed by atoms with van der Waals surface area (Å²) < 4.78 is 10.5. The Morgan fingerprint density at radius 3 is 2.79 bits per heavy atom. The van der Waals surface area contributed by atoms with Crippen LogP contribution < -0.4 is 20.7 Å². The van der Waals surface area contributed by atoms with Crippen LogP contribution in [0.15, 0.2) is 36.4 Å². The number of nitrogens with zero attached hydrogens (tertiary/aromatic N) is 2. The third-order valence-electron chi connectivity index (χ3n) is 4.03. The van der Waals surface area contributed by atoms with Crippen molar-refractivity contribution >= 4 is 35.1 Å². The number of aromatic nitrogens is 1. The molecule has 0 bridgehead atoms. The van der Waals surface area contributed by atoms with Crippen LogP contribution in [0.1, 0.15) is 24.2 Å². The van der Waals surface area contributed by atoms with Gasteiger partial charge in [-0.3, -0.25) is 14.5 Å². The zero-order valence-electron chi connectivity index (χ0n) is 15.5. The van der Waals surface area contributed by atoms with Crippen molar-refractivity contribution in [2.24, 2.45) is 0 Å². The number of anilines is 3. The summed E-state index contributed by atoms with van der Waals surface area (Å²) in [5.74, 6) is -0.733. The number of carbonyl (C=O) groups excluding carboxylic acids is 3. The number of amides is 2. The second-order valence-corrected chi connectivity index (χ2v) is 6.06. The Bertz CT molecular complexity index is 930. The van der Waals surface area contributed by atoms with Gasteiger partial charge in [-0.05, 0) is 38.1 Å². The number of nitrogens with two attached hydrogens (primary N) is 1. The molecule has 1 aromatic carbocycles. The molecule has 2 aromatic rings. The first kappa shape index (κ1) is 19.2. The molecule has 1 aliphatic heterocycles. The Morgan fingerprint density at radius 2 is 2.04 bits per heavy atom.